The Hall–Kier alpha value is -0.960. The van der Waals surface area contributed by atoms with Crippen LogP contribution in [0.2, 0.25) is 5.15 Å². The van der Waals surface area contributed by atoms with Gasteiger partial charge in [0, 0.05) is 12.6 Å². The van der Waals surface area contributed by atoms with Gasteiger partial charge in [-0.15, -0.1) is 0 Å². The van der Waals surface area contributed by atoms with Crippen molar-refractivity contribution in [2.75, 3.05) is 17.2 Å². The molecule has 4 heteroatoms. The molecular formula is C9H12ClN3. The average molecular weight is 198 g/mol. The molecule has 0 bridgehead atoms. The number of pyridine rings is 1. The largest absolute Gasteiger partial charge is 0.380 e. The minimum atomic E-state index is 0.457. The van der Waals surface area contributed by atoms with Crippen LogP contribution in [0.1, 0.15) is 13.3 Å². The summed E-state index contributed by atoms with van der Waals surface area (Å²) < 4.78 is 0. The predicted molar refractivity (Wildman–Crippen MR) is 55.4 cm³/mol. The molecule has 0 spiro atoms. The zero-order valence-corrected chi connectivity index (χ0v) is 8.23. The number of hydrogen-bond donors (Lipinski definition) is 2. The van der Waals surface area contributed by atoms with Gasteiger partial charge in [-0.05, 0) is 18.6 Å². The topological polar surface area (TPSA) is 37.0 Å². The van der Waals surface area contributed by atoms with Gasteiger partial charge < -0.3 is 10.6 Å². The molecule has 0 fully saturated rings. The van der Waals surface area contributed by atoms with Gasteiger partial charge in [0.1, 0.15) is 5.15 Å². The molecule has 0 amide bonds. The van der Waals surface area contributed by atoms with Crippen LogP contribution in [0.5, 0.6) is 0 Å². The second kappa shape index (κ2) is 3.42. The Morgan fingerprint density at radius 3 is 3.23 bits per heavy atom. The zero-order valence-electron chi connectivity index (χ0n) is 7.47. The molecule has 3 nitrogen and oxygen atoms in total. The summed E-state index contributed by atoms with van der Waals surface area (Å²) >= 11 is 5.79. The lowest BCUT2D eigenvalue weighted by Crippen LogP contribution is -2.32. The Morgan fingerprint density at radius 1 is 1.62 bits per heavy atom. The van der Waals surface area contributed by atoms with E-state index in [1.54, 1.807) is 6.07 Å². The quantitative estimate of drug-likeness (QED) is 0.679. The summed E-state index contributed by atoms with van der Waals surface area (Å²) in [6, 6.07) is 4.20. The molecule has 0 aromatic carbocycles. The van der Waals surface area contributed by atoms with Gasteiger partial charge in [0.25, 0.3) is 0 Å². The lowest BCUT2D eigenvalue weighted by atomic mass is 10.2. The number of fused-ring (bicyclic) bond motifs is 1. The number of hydrogen-bond acceptors (Lipinski definition) is 3. The van der Waals surface area contributed by atoms with E-state index in [4.69, 9.17) is 11.6 Å². The van der Waals surface area contributed by atoms with Gasteiger partial charge in [-0.3, -0.25) is 0 Å². The van der Waals surface area contributed by atoms with Crippen LogP contribution in [0, 0.1) is 0 Å². The zero-order chi connectivity index (χ0) is 9.26. The molecule has 0 saturated heterocycles. The van der Waals surface area contributed by atoms with E-state index in [1.807, 2.05) is 6.07 Å². The van der Waals surface area contributed by atoms with Gasteiger partial charge in [0.2, 0.25) is 0 Å². The first-order chi connectivity index (χ1) is 6.29. The lowest BCUT2D eigenvalue weighted by molar-refractivity contribution is 0.708. The molecule has 2 heterocycles. The summed E-state index contributed by atoms with van der Waals surface area (Å²) in [5.41, 5.74) is 1.04. The molecule has 13 heavy (non-hydrogen) atoms. The van der Waals surface area contributed by atoms with E-state index in [1.165, 1.54) is 0 Å². The highest BCUT2D eigenvalue weighted by atomic mass is 35.5. The lowest BCUT2D eigenvalue weighted by Gasteiger charge is -2.26. The Kier molecular flexibility index (Phi) is 2.27. The molecule has 2 rings (SSSR count). The van der Waals surface area contributed by atoms with Gasteiger partial charge in [-0.1, -0.05) is 18.5 Å². The van der Waals surface area contributed by atoms with Crippen molar-refractivity contribution in [1.82, 2.24) is 4.98 Å². The first kappa shape index (κ1) is 8.63. The van der Waals surface area contributed by atoms with Crippen molar-refractivity contribution in [1.29, 1.82) is 0 Å². The van der Waals surface area contributed by atoms with Gasteiger partial charge >= 0.3 is 0 Å². The third-order valence-electron chi connectivity index (χ3n) is 2.23. The van der Waals surface area contributed by atoms with Gasteiger partial charge in [-0.25, -0.2) is 4.98 Å². The molecule has 0 radical (unpaired) electrons. The van der Waals surface area contributed by atoms with Crippen LogP contribution in [0.25, 0.3) is 0 Å². The van der Waals surface area contributed by atoms with Crippen molar-refractivity contribution >= 4 is 23.1 Å². The van der Waals surface area contributed by atoms with Gasteiger partial charge in [0.15, 0.2) is 5.82 Å². The second-order valence-electron chi connectivity index (χ2n) is 3.16. The summed E-state index contributed by atoms with van der Waals surface area (Å²) in [5, 5.41) is 7.17. The number of rotatable bonds is 1. The Labute approximate surface area is 82.5 Å². The molecule has 1 atom stereocenters. The van der Waals surface area contributed by atoms with Crippen LogP contribution in [-0.2, 0) is 0 Å². The van der Waals surface area contributed by atoms with Crippen molar-refractivity contribution in [3.8, 4) is 0 Å². The molecule has 70 valence electrons. The highest BCUT2D eigenvalue weighted by Crippen LogP contribution is 2.25. The van der Waals surface area contributed by atoms with E-state index in [0.717, 1.165) is 24.5 Å². The summed E-state index contributed by atoms with van der Waals surface area (Å²) in [6.45, 7) is 3.10. The minimum Gasteiger partial charge on any atom is -0.380 e. The molecule has 2 N–H and O–H groups in total. The Morgan fingerprint density at radius 2 is 2.46 bits per heavy atom. The van der Waals surface area contributed by atoms with E-state index >= 15 is 0 Å². The monoisotopic (exact) mass is 197 g/mol. The highest BCUT2D eigenvalue weighted by Gasteiger charge is 2.16. The summed E-state index contributed by atoms with van der Waals surface area (Å²) in [5.74, 6) is 0.866. The fraction of sp³-hybridized carbons (Fsp3) is 0.444. The van der Waals surface area contributed by atoms with Crippen LogP contribution >= 0.6 is 11.6 Å². The summed E-state index contributed by atoms with van der Waals surface area (Å²) in [7, 11) is 0. The number of nitrogens with zero attached hydrogens (tertiary/aromatic N) is 1. The Bertz CT molecular complexity index is 314. The van der Waals surface area contributed by atoms with E-state index in [9.17, 15) is 0 Å². The second-order valence-corrected chi connectivity index (χ2v) is 3.55. The first-order valence-electron chi connectivity index (χ1n) is 4.46. The molecule has 1 aromatic heterocycles. The molecule has 1 aliphatic rings. The van der Waals surface area contributed by atoms with E-state index in [-0.39, 0.29) is 0 Å². The number of halogens is 1. The van der Waals surface area contributed by atoms with Crippen LogP contribution in [0.15, 0.2) is 12.1 Å². The normalized spacial score (nSPS) is 20.0. The van der Waals surface area contributed by atoms with Crippen molar-refractivity contribution in [2.45, 2.75) is 19.4 Å². The molecular weight excluding hydrogens is 186 g/mol. The minimum absolute atomic E-state index is 0.457. The van der Waals surface area contributed by atoms with E-state index < -0.39 is 0 Å². The third-order valence-corrected chi connectivity index (χ3v) is 2.44. The van der Waals surface area contributed by atoms with Gasteiger partial charge in [0.05, 0.1) is 5.69 Å². The maximum atomic E-state index is 5.79. The number of anilines is 2. The number of aromatic nitrogens is 1. The predicted octanol–water partition coefficient (Wildman–Crippen LogP) is 2.35. The molecule has 1 aromatic rings. The summed E-state index contributed by atoms with van der Waals surface area (Å²) in [4.78, 5) is 4.20. The standard InChI is InChI=1S/C9H12ClN3/c1-2-6-5-11-7-3-4-8(10)13-9(7)12-6/h3-4,6,11H,2,5H2,1H3,(H,12,13). The fourth-order valence-corrected chi connectivity index (χ4v) is 1.56. The van der Waals surface area contributed by atoms with Crippen molar-refractivity contribution in [3.63, 3.8) is 0 Å². The highest BCUT2D eigenvalue weighted by molar-refractivity contribution is 6.29. The number of nitrogens with one attached hydrogen (secondary N) is 2. The van der Waals surface area contributed by atoms with Crippen LogP contribution in [0.4, 0.5) is 11.5 Å². The van der Waals surface area contributed by atoms with Crippen molar-refractivity contribution < 1.29 is 0 Å². The molecule has 1 aliphatic heterocycles. The third kappa shape index (κ3) is 1.70. The fourth-order valence-electron chi connectivity index (χ4n) is 1.41. The molecule has 1 unspecified atom stereocenters. The molecule has 0 aliphatic carbocycles. The SMILES string of the molecule is CCC1CNc2ccc(Cl)nc2N1. The van der Waals surface area contributed by atoms with Crippen LogP contribution in [-0.4, -0.2) is 17.6 Å². The summed E-state index contributed by atoms with van der Waals surface area (Å²) in [6.07, 6.45) is 1.08. The Balaban J connectivity index is 2.27. The van der Waals surface area contributed by atoms with Crippen LogP contribution in [0.3, 0.4) is 0 Å². The van der Waals surface area contributed by atoms with Crippen molar-refractivity contribution in [3.05, 3.63) is 17.3 Å². The van der Waals surface area contributed by atoms with E-state index in [2.05, 4.69) is 22.5 Å². The average Bonchev–Trinajstić information content (AvgIpc) is 2.16. The maximum Gasteiger partial charge on any atom is 0.151 e. The van der Waals surface area contributed by atoms with E-state index in [0.29, 0.717) is 11.2 Å². The molecule has 0 saturated carbocycles. The van der Waals surface area contributed by atoms with Crippen LogP contribution < -0.4 is 10.6 Å². The van der Waals surface area contributed by atoms with Crippen molar-refractivity contribution in [2.24, 2.45) is 0 Å². The van der Waals surface area contributed by atoms with Gasteiger partial charge in [-0.2, -0.15) is 0 Å². The maximum absolute atomic E-state index is 5.79. The smallest absolute Gasteiger partial charge is 0.151 e. The first-order valence-corrected chi connectivity index (χ1v) is 4.84.